The number of amides is 1. The first-order chi connectivity index (χ1) is 8.50. The maximum Gasteiger partial charge on any atom is 0.237 e. The van der Waals surface area contributed by atoms with Crippen LogP contribution in [-0.4, -0.2) is 16.9 Å². The monoisotopic (exact) mass is 288 g/mol. The third kappa shape index (κ3) is 2.42. The summed E-state index contributed by atoms with van der Waals surface area (Å²) in [5, 5.41) is 14.2. The Bertz CT molecular complexity index is 507. The Morgan fingerprint density at radius 1 is 1.39 bits per heavy atom. The molecular weight excluding hydrogens is 279 g/mol. The van der Waals surface area contributed by atoms with Crippen LogP contribution in [0, 0.1) is 10.1 Å². The number of hydrogen-bond acceptors (Lipinski definition) is 3. The summed E-state index contributed by atoms with van der Waals surface area (Å²) in [4.78, 5) is 22.0. The van der Waals surface area contributed by atoms with Gasteiger partial charge in [0.25, 0.3) is 0 Å². The van der Waals surface area contributed by atoms with Gasteiger partial charge in [0, 0.05) is 23.3 Å². The zero-order valence-corrected chi connectivity index (χ0v) is 10.7. The topological polar surface area (TPSA) is 72.2 Å². The van der Waals surface area contributed by atoms with E-state index in [9.17, 15) is 14.9 Å². The normalized spacial score (nSPS) is 23.6. The largest absolute Gasteiger partial charge is 0.343 e. The lowest BCUT2D eigenvalue weighted by molar-refractivity contribution is -0.529. The van der Waals surface area contributed by atoms with E-state index in [0.29, 0.717) is 10.6 Å². The van der Waals surface area contributed by atoms with Gasteiger partial charge in [-0.15, -0.1) is 0 Å². The molecule has 1 N–H and O–H groups in total. The smallest absolute Gasteiger partial charge is 0.237 e. The predicted octanol–water partition coefficient (Wildman–Crippen LogP) is 2.59. The van der Waals surface area contributed by atoms with Crippen molar-refractivity contribution < 1.29 is 9.72 Å². The lowest BCUT2D eigenvalue weighted by atomic mass is 9.92. The number of carbonyl (C=O) groups excluding carboxylic acids is 1. The molecule has 1 fully saturated rings. The van der Waals surface area contributed by atoms with E-state index < -0.39 is 12.1 Å². The van der Waals surface area contributed by atoms with Gasteiger partial charge in [-0.1, -0.05) is 35.3 Å². The van der Waals surface area contributed by atoms with Crippen molar-refractivity contribution in [3.63, 3.8) is 0 Å². The number of rotatable bonds is 2. The van der Waals surface area contributed by atoms with Crippen molar-refractivity contribution in [2.75, 3.05) is 0 Å². The molecule has 0 aromatic heterocycles. The van der Waals surface area contributed by atoms with Crippen molar-refractivity contribution in [2.24, 2.45) is 0 Å². The lowest BCUT2D eigenvalue weighted by Crippen LogP contribution is -2.45. The molecule has 2 atom stereocenters. The highest BCUT2D eigenvalue weighted by molar-refractivity contribution is 6.42. The zero-order chi connectivity index (χ0) is 13.3. The van der Waals surface area contributed by atoms with E-state index in [2.05, 4.69) is 5.32 Å². The van der Waals surface area contributed by atoms with Crippen LogP contribution in [0.2, 0.25) is 10.0 Å². The van der Waals surface area contributed by atoms with Crippen molar-refractivity contribution in [3.8, 4) is 0 Å². The summed E-state index contributed by atoms with van der Waals surface area (Å²) in [5.74, 6) is -0.214. The molecule has 1 amide bonds. The molecule has 18 heavy (non-hydrogen) atoms. The number of nitrogens with one attached hydrogen (secondary N) is 1. The van der Waals surface area contributed by atoms with Crippen molar-refractivity contribution in [3.05, 3.63) is 43.9 Å². The van der Waals surface area contributed by atoms with Crippen LogP contribution in [0.3, 0.4) is 0 Å². The lowest BCUT2D eigenvalue weighted by Gasteiger charge is -2.27. The minimum absolute atomic E-state index is 0.153. The average Bonchev–Trinajstić information content (AvgIpc) is 2.32. The Balaban J connectivity index is 2.41. The van der Waals surface area contributed by atoms with Crippen LogP contribution in [0.4, 0.5) is 0 Å². The Labute approximate surface area is 113 Å². The second-order valence-electron chi connectivity index (χ2n) is 4.08. The molecule has 1 heterocycles. The van der Waals surface area contributed by atoms with Crippen LogP contribution < -0.4 is 5.32 Å². The van der Waals surface area contributed by atoms with E-state index in [1.807, 2.05) is 0 Å². The van der Waals surface area contributed by atoms with Crippen LogP contribution >= 0.6 is 23.2 Å². The van der Waals surface area contributed by atoms with E-state index in [0.717, 1.165) is 0 Å². The predicted molar refractivity (Wildman–Crippen MR) is 67.4 cm³/mol. The molecule has 1 aromatic rings. The van der Waals surface area contributed by atoms with Gasteiger partial charge in [-0.05, 0) is 6.07 Å². The Hall–Kier alpha value is -1.33. The maximum atomic E-state index is 11.4. The minimum atomic E-state index is -0.876. The molecule has 2 rings (SSSR count). The van der Waals surface area contributed by atoms with Gasteiger partial charge in [-0.25, -0.2) is 0 Å². The summed E-state index contributed by atoms with van der Waals surface area (Å²) in [7, 11) is 0. The first kappa shape index (κ1) is 13.1. The van der Waals surface area contributed by atoms with Crippen molar-refractivity contribution in [1.82, 2.24) is 5.32 Å². The number of halogens is 2. The zero-order valence-electron chi connectivity index (χ0n) is 9.23. The molecule has 7 heteroatoms. The minimum Gasteiger partial charge on any atom is -0.343 e. The quantitative estimate of drug-likeness (QED) is 0.671. The van der Waals surface area contributed by atoms with Crippen LogP contribution in [0.1, 0.15) is 24.4 Å². The first-order valence-electron chi connectivity index (χ1n) is 5.37. The van der Waals surface area contributed by atoms with Gasteiger partial charge < -0.3 is 5.32 Å². The van der Waals surface area contributed by atoms with Crippen molar-refractivity contribution in [2.45, 2.75) is 24.9 Å². The molecule has 1 aliphatic rings. The standard InChI is InChI=1S/C11H10Cl2N2O3/c12-7-3-1-2-6(10(7)13)11-8(15(17)18)4-5-9(16)14-11/h1-3,8,11H,4-5H2,(H,14,16)/t8-,11+/m1/s1. The van der Waals surface area contributed by atoms with E-state index in [1.54, 1.807) is 18.2 Å². The molecule has 1 saturated heterocycles. The van der Waals surface area contributed by atoms with Crippen molar-refractivity contribution >= 4 is 29.1 Å². The van der Waals surface area contributed by atoms with Gasteiger partial charge in [0.2, 0.25) is 11.9 Å². The van der Waals surface area contributed by atoms with Crippen LogP contribution in [0.5, 0.6) is 0 Å². The number of hydrogen-bond donors (Lipinski definition) is 1. The third-order valence-corrected chi connectivity index (χ3v) is 3.79. The van der Waals surface area contributed by atoms with Gasteiger partial charge in [-0.2, -0.15) is 0 Å². The van der Waals surface area contributed by atoms with E-state index >= 15 is 0 Å². The number of piperidine rings is 1. The summed E-state index contributed by atoms with van der Waals surface area (Å²) in [6.45, 7) is 0. The van der Waals surface area contributed by atoms with Crippen LogP contribution in [0.15, 0.2) is 18.2 Å². The van der Waals surface area contributed by atoms with E-state index in [4.69, 9.17) is 23.2 Å². The Morgan fingerprint density at radius 3 is 2.78 bits per heavy atom. The van der Waals surface area contributed by atoms with Gasteiger partial charge in [0.05, 0.1) is 10.0 Å². The third-order valence-electron chi connectivity index (χ3n) is 2.96. The molecule has 1 aromatic carbocycles. The second-order valence-corrected chi connectivity index (χ2v) is 4.86. The average molecular weight is 289 g/mol. The molecule has 0 radical (unpaired) electrons. The summed E-state index contributed by atoms with van der Waals surface area (Å²) in [6.07, 6.45) is 0.354. The second kappa shape index (κ2) is 5.12. The summed E-state index contributed by atoms with van der Waals surface area (Å²) in [5.41, 5.74) is 0.485. The molecule has 1 aliphatic heterocycles. The van der Waals surface area contributed by atoms with Gasteiger partial charge in [0.1, 0.15) is 6.04 Å². The summed E-state index contributed by atoms with van der Waals surface area (Å²) >= 11 is 11.9. The van der Waals surface area contributed by atoms with Gasteiger partial charge in [0.15, 0.2) is 0 Å². The molecular formula is C11H10Cl2N2O3. The molecule has 5 nitrogen and oxygen atoms in total. The fourth-order valence-electron chi connectivity index (χ4n) is 2.06. The van der Waals surface area contributed by atoms with E-state index in [-0.39, 0.29) is 28.7 Å². The number of nitro groups is 1. The summed E-state index contributed by atoms with van der Waals surface area (Å²) < 4.78 is 0. The molecule has 0 saturated carbocycles. The molecule has 0 bridgehead atoms. The highest BCUT2D eigenvalue weighted by Crippen LogP contribution is 2.34. The van der Waals surface area contributed by atoms with Crippen molar-refractivity contribution in [1.29, 1.82) is 0 Å². The fraction of sp³-hybridized carbons (Fsp3) is 0.364. The van der Waals surface area contributed by atoms with Crippen LogP contribution in [0.25, 0.3) is 0 Å². The highest BCUT2D eigenvalue weighted by atomic mass is 35.5. The van der Waals surface area contributed by atoms with Gasteiger partial charge >= 0.3 is 0 Å². The number of benzene rings is 1. The Morgan fingerprint density at radius 2 is 2.11 bits per heavy atom. The molecule has 96 valence electrons. The summed E-state index contributed by atoms with van der Waals surface area (Å²) in [6, 6.07) is 3.28. The maximum absolute atomic E-state index is 11.4. The highest BCUT2D eigenvalue weighted by Gasteiger charge is 2.39. The molecule has 0 spiro atoms. The van der Waals surface area contributed by atoms with E-state index in [1.165, 1.54) is 0 Å². The van der Waals surface area contributed by atoms with Gasteiger partial charge in [-0.3, -0.25) is 14.9 Å². The number of carbonyl (C=O) groups is 1. The SMILES string of the molecule is O=C1CC[C@@H]([N+](=O)[O-])[C@H](c2cccc(Cl)c2Cl)N1. The Kier molecular flexibility index (Phi) is 3.73. The fourth-order valence-corrected chi connectivity index (χ4v) is 2.49. The first-order valence-corrected chi connectivity index (χ1v) is 6.13. The molecule has 0 aliphatic carbocycles. The van der Waals surface area contributed by atoms with Crippen LogP contribution in [-0.2, 0) is 4.79 Å². The number of nitrogens with zero attached hydrogens (tertiary/aromatic N) is 1. The molecule has 0 unspecified atom stereocenters.